The van der Waals surface area contributed by atoms with Crippen LogP contribution in [-0.2, 0) is 9.53 Å². The third-order valence-corrected chi connectivity index (χ3v) is 7.20. The number of likely N-dealkylation sites (tertiary alicyclic amines) is 1. The molecule has 0 radical (unpaired) electrons. The highest BCUT2D eigenvalue weighted by Gasteiger charge is 2.63. The molecule has 1 aromatic rings. The molecule has 5 rings (SSSR count). The molecule has 4 fully saturated rings. The molecule has 0 aromatic heterocycles. The molecule has 1 aliphatic carbocycles. The molecular formula is C22H28N2O4. The summed E-state index contributed by atoms with van der Waals surface area (Å²) in [6.45, 7) is 4.02. The Morgan fingerprint density at radius 1 is 1.32 bits per heavy atom. The first kappa shape index (κ1) is 18.0. The molecule has 3 saturated heterocycles. The van der Waals surface area contributed by atoms with E-state index in [0.717, 1.165) is 44.3 Å². The Bertz CT molecular complexity index is 821. The minimum atomic E-state index is -0.176. The summed E-state index contributed by atoms with van der Waals surface area (Å²) in [5, 5.41) is 3.13. The Morgan fingerprint density at radius 2 is 2.14 bits per heavy atom. The van der Waals surface area contributed by atoms with Crippen molar-refractivity contribution in [3.8, 4) is 5.75 Å². The van der Waals surface area contributed by atoms with E-state index >= 15 is 0 Å². The van der Waals surface area contributed by atoms with Crippen LogP contribution in [0.2, 0.25) is 0 Å². The van der Waals surface area contributed by atoms with E-state index < -0.39 is 0 Å². The first-order chi connectivity index (χ1) is 13.5. The first-order valence-electron chi connectivity index (χ1n) is 10.4. The van der Waals surface area contributed by atoms with E-state index in [9.17, 15) is 9.59 Å². The van der Waals surface area contributed by atoms with Crippen LogP contribution in [0.3, 0.4) is 0 Å². The zero-order chi connectivity index (χ0) is 19.5. The molecule has 1 spiro atoms. The molecule has 150 valence electrons. The van der Waals surface area contributed by atoms with E-state index in [0.29, 0.717) is 29.7 Å². The van der Waals surface area contributed by atoms with E-state index in [1.165, 1.54) is 0 Å². The number of aryl methyl sites for hydroxylation is 1. The molecule has 6 nitrogen and oxygen atoms in total. The number of methoxy groups -OCH3 is 1. The van der Waals surface area contributed by atoms with Crippen LogP contribution in [-0.4, -0.2) is 55.2 Å². The number of nitrogens with zero attached hydrogens (tertiary/aromatic N) is 1. The molecule has 3 aliphatic heterocycles. The normalized spacial score (nSPS) is 33.1. The molecule has 1 aromatic carbocycles. The van der Waals surface area contributed by atoms with Gasteiger partial charge in [-0.05, 0) is 44.2 Å². The van der Waals surface area contributed by atoms with Crippen molar-refractivity contribution in [3.05, 3.63) is 29.3 Å². The molecule has 4 aliphatic rings. The summed E-state index contributed by atoms with van der Waals surface area (Å²) in [4.78, 5) is 27.5. The Kier molecular flexibility index (Phi) is 4.16. The van der Waals surface area contributed by atoms with Gasteiger partial charge in [-0.25, -0.2) is 0 Å². The number of fused-ring (bicyclic) bond motifs is 1. The summed E-state index contributed by atoms with van der Waals surface area (Å²) in [5.74, 6) is 1.65. The average molecular weight is 384 g/mol. The number of benzene rings is 1. The van der Waals surface area contributed by atoms with Crippen molar-refractivity contribution in [2.24, 2.45) is 17.8 Å². The Hall–Kier alpha value is -2.08. The highest BCUT2D eigenvalue weighted by atomic mass is 16.5. The SMILES string of the molecule is COc1cccc(C)c1C(=O)NC[C@H]1[C@H]2CN(C(=O)C3CC3)C[C@]23CC[C@H]1O3. The van der Waals surface area contributed by atoms with Crippen LogP contribution < -0.4 is 10.1 Å². The van der Waals surface area contributed by atoms with E-state index in [2.05, 4.69) is 5.32 Å². The van der Waals surface area contributed by atoms with Gasteiger partial charge < -0.3 is 19.7 Å². The quantitative estimate of drug-likeness (QED) is 0.845. The van der Waals surface area contributed by atoms with Gasteiger partial charge in [-0.15, -0.1) is 0 Å². The summed E-state index contributed by atoms with van der Waals surface area (Å²) >= 11 is 0. The summed E-state index contributed by atoms with van der Waals surface area (Å²) in [6.07, 6.45) is 4.33. The zero-order valence-corrected chi connectivity index (χ0v) is 16.6. The molecule has 0 unspecified atom stereocenters. The van der Waals surface area contributed by atoms with Gasteiger partial charge in [0.25, 0.3) is 5.91 Å². The largest absolute Gasteiger partial charge is 0.496 e. The van der Waals surface area contributed by atoms with Gasteiger partial charge in [0, 0.05) is 30.8 Å². The number of rotatable bonds is 5. The summed E-state index contributed by atoms with van der Waals surface area (Å²) in [5.41, 5.74) is 1.32. The molecular weight excluding hydrogens is 356 g/mol. The number of nitrogens with one attached hydrogen (secondary N) is 1. The Labute approximate surface area is 165 Å². The van der Waals surface area contributed by atoms with Crippen molar-refractivity contribution in [2.75, 3.05) is 26.7 Å². The van der Waals surface area contributed by atoms with Gasteiger partial charge in [-0.2, -0.15) is 0 Å². The van der Waals surface area contributed by atoms with Crippen LogP contribution in [0.1, 0.15) is 41.6 Å². The maximum absolute atomic E-state index is 12.9. The highest BCUT2D eigenvalue weighted by Crippen LogP contribution is 2.55. The Balaban J connectivity index is 1.29. The van der Waals surface area contributed by atoms with Crippen LogP contribution in [0.5, 0.6) is 5.75 Å². The van der Waals surface area contributed by atoms with Gasteiger partial charge >= 0.3 is 0 Å². The monoisotopic (exact) mass is 384 g/mol. The zero-order valence-electron chi connectivity index (χ0n) is 16.6. The Morgan fingerprint density at radius 3 is 2.89 bits per heavy atom. The molecule has 2 amide bonds. The van der Waals surface area contributed by atoms with E-state index in [-0.39, 0.29) is 29.4 Å². The van der Waals surface area contributed by atoms with Crippen molar-refractivity contribution in [3.63, 3.8) is 0 Å². The predicted molar refractivity (Wildman–Crippen MR) is 103 cm³/mol. The molecule has 6 heteroatoms. The number of ether oxygens (including phenoxy) is 2. The minimum absolute atomic E-state index is 0.101. The van der Waals surface area contributed by atoms with Gasteiger partial charge in [0.15, 0.2) is 0 Å². The van der Waals surface area contributed by atoms with E-state index in [1.807, 2.05) is 30.0 Å². The van der Waals surface area contributed by atoms with Gasteiger partial charge in [-0.1, -0.05) is 12.1 Å². The lowest BCUT2D eigenvalue weighted by molar-refractivity contribution is -0.133. The molecule has 1 N–H and O–H groups in total. The maximum Gasteiger partial charge on any atom is 0.255 e. The van der Waals surface area contributed by atoms with Gasteiger partial charge in [0.2, 0.25) is 5.91 Å². The third-order valence-electron chi connectivity index (χ3n) is 7.20. The highest BCUT2D eigenvalue weighted by molar-refractivity contribution is 5.98. The van der Waals surface area contributed by atoms with Crippen LogP contribution in [0.25, 0.3) is 0 Å². The standard InChI is InChI=1S/C22H28N2O4/c1-13-4-3-5-18(27-2)19(13)20(25)23-10-15-16-11-24(21(26)14-6-7-14)12-22(16)9-8-17(15)28-22/h3-5,14-17H,6-12H2,1-2H3,(H,23,25)/t15-,16+,17+,22+/m0/s1. The fourth-order valence-corrected chi connectivity index (χ4v) is 5.62. The van der Waals surface area contributed by atoms with Crippen LogP contribution in [0, 0.1) is 24.7 Å². The summed E-state index contributed by atoms with van der Waals surface area (Å²) in [6, 6.07) is 5.63. The lowest BCUT2D eigenvalue weighted by atomic mass is 9.73. The molecule has 4 atom stereocenters. The second-order valence-electron chi connectivity index (χ2n) is 8.89. The van der Waals surface area contributed by atoms with Crippen molar-refractivity contribution in [1.29, 1.82) is 0 Å². The molecule has 2 bridgehead atoms. The topological polar surface area (TPSA) is 67.9 Å². The van der Waals surface area contributed by atoms with Crippen molar-refractivity contribution in [2.45, 2.75) is 44.3 Å². The van der Waals surface area contributed by atoms with Gasteiger partial charge in [-0.3, -0.25) is 9.59 Å². The third kappa shape index (κ3) is 2.72. The first-order valence-corrected chi connectivity index (χ1v) is 10.4. The van der Waals surface area contributed by atoms with Crippen molar-refractivity contribution < 1.29 is 19.1 Å². The molecule has 28 heavy (non-hydrogen) atoms. The number of hydrogen-bond acceptors (Lipinski definition) is 4. The fraction of sp³-hybridized carbons (Fsp3) is 0.636. The van der Waals surface area contributed by atoms with Crippen LogP contribution in [0.15, 0.2) is 18.2 Å². The van der Waals surface area contributed by atoms with Gasteiger partial charge in [0.1, 0.15) is 5.75 Å². The number of carbonyl (C=O) groups excluding carboxylic acids is 2. The van der Waals surface area contributed by atoms with E-state index in [4.69, 9.17) is 9.47 Å². The summed E-state index contributed by atoms with van der Waals surface area (Å²) < 4.78 is 11.8. The number of hydrogen-bond donors (Lipinski definition) is 1. The lowest BCUT2D eigenvalue weighted by Gasteiger charge is -2.29. The second-order valence-corrected chi connectivity index (χ2v) is 8.89. The predicted octanol–water partition coefficient (Wildman–Crippen LogP) is 2.15. The van der Waals surface area contributed by atoms with E-state index in [1.54, 1.807) is 7.11 Å². The second kappa shape index (κ2) is 6.48. The van der Waals surface area contributed by atoms with Crippen LogP contribution >= 0.6 is 0 Å². The van der Waals surface area contributed by atoms with Crippen molar-refractivity contribution >= 4 is 11.8 Å². The summed E-state index contributed by atoms with van der Waals surface area (Å²) in [7, 11) is 1.59. The minimum Gasteiger partial charge on any atom is -0.496 e. The molecule has 1 saturated carbocycles. The number of carbonyl (C=O) groups is 2. The fourth-order valence-electron chi connectivity index (χ4n) is 5.62. The van der Waals surface area contributed by atoms with Gasteiger partial charge in [0.05, 0.1) is 30.9 Å². The van der Waals surface area contributed by atoms with Crippen LogP contribution in [0.4, 0.5) is 0 Å². The average Bonchev–Trinajstić information content (AvgIpc) is 3.26. The smallest absolute Gasteiger partial charge is 0.255 e. The van der Waals surface area contributed by atoms with Crippen molar-refractivity contribution in [1.82, 2.24) is 10.2 Å². The lowest BCUT2D eigenvalue weighted by Crippen LogP contribution is -2.42. The number of amides is 2. The molecule has 3 heterocycles. The maximum atomic E-state index is 12.9.